The molecule has 3 N–H and O–H groups in total. The third-order valence-electron chi connectivity index (χ3n) is 4.33. The van der Waals surface area contributed by atoms with Crippen LogP contribution in [0.2, 0.25) is 0 Å². The Kier molecular flexibility index (Phi) is 2.60. The van der Waals surface area contributed by atoms with E-state index in [9.17, 15) is 0 Å². The van der Waals surface area contributed by atoms with Gasteiger partial charge in [-0.25, -0.2) is 0 Å². The van der Waals surface area contributed by atoms with Gasteiger partial charge in [-0.05, 0) is 36.0 Å². The number of nitrogens with two attached hydrogens (primary N) is 1. The van der Waals surface area contributed by atoms with Crippen LogP contribution in [0.4, 0.5) is 0 Å². The fourth-order valence-corrected chi connectivity index (χ4v) is 3.10. The Hall–Kier alpha value is -2.13. The third kappa shape index (κ3) is 1.82. The van der Waals surface area contributed by atoms with Gasteiger partial charge in [0.05, 0.1) is 0 Å². The van der Waals surface area contributed by atoms with E-state index in [2.05, 4.69) is 40.4 Å². The molecule has 0 aliphatic heterocycles. The summed E-state index contributed by atoms with van der Waals surface area (Å²) in [5, 5.41) is 1.18. The molecule has 1 aliphatic carbocycles. The lowest BCUT2D eigenvalue weighted by atomic mass is 9.76. The highest BCUT2D eigenvalue weighted by Crippen LogP contribution is 2.37. The van der Waals surface area contributed by atoms with E-state index in [1.807, 2.05) is 18.5 Å². The van der Waals surface area contributed by atoms with Crippen molar-refractivity contribution in [1.82, 2.24) is 9.97 Å². The predicted molar refractivity (Wildman–Crippen MR) is 81.5 cm³/mol. The van der Waals surface area contributed by atoms with Crippen LogP contribution >= 0.6 is 0 Å². The van der Waals surface area contributed by atoms with Gasteiger partial charge in [0, 0.05) is 41.1 Å². The molecular weight excluding hydrogens is 246 g/mol. The lowest BCUT2D eigenvalue weighted by molar-refractivity contribution is 0.351. The van der Waals surface area contributed by atoms with Gasteiger partial charge >= 0.3 is 0 Å². The molecule has 2 heterocycles. The van der Waals surface area contributed by atoms with Crippen LogP contribution in [0.5, 0.6) is 0 Å². The van der Waals surface area contributed by atoms with E-state index in [1.54, 1.807) is 0 Å². The van der Waals surface area contributed by atoms with E-state index >= 15 is 0 Å². The summed E-state index contributed by atoms with van der Waals surface area (Å²) in [5.41, 5.74) is 10.9. The minimum absolute atomic E-state index is 0.390. The highest BCUT2D eigenvalue weighted by Gasteiger charge is 2.27. The van der Waals surface area contributed by atoms with Crippen molar-refractivity contribution in [2.24, 2.45) is 5.73 Å². The van der Waals surface area contributed by atoms with Gasteiger partial charge in [-0.3, -0.25) is 4.98 Å². The van der Waals surface area contributed by atoms with Crippen molar-refractivity contribution in [3.05, 3.63) is 54.5 Å². The molecule has 2 aromatic heterocycles. The average molecular weight is 263 g/mol. The molecule has 3 nitrogen and oxygen atoms in total. The van der Waals surface area contributed by atoms with Crippen LogP contribution in [0.15, 0.2) is 48.9 Å². The maximum atomic E-state index is 5.90. The van der Waals surface area contributed by atoms with Gasteiger partial charge < -0.3 is 10.7 Å². The summed E-state index contributed by atoms with van der Waals surface area (Å²) in [6, 6.07) is 11.2. The first-order valence-corrected chi connectivity index (χ1v) is 7.08. The van der Waals surface area contributed by atoms with Gasteiger partial charge in [0.1, 0.15) is 0 Å². The van der Waals surface area contributed by atoms with E-state index < -0.39 is 0 Å². The number of aromatic nitrogens is 2. The Labute approximate surface area is 117 Å². The molecular formula is C17H17N3. The average Bonchev–Trinajstić information content (AvgIpc) is 2.88. The highest BCUT2D eigenvalue weighted by molar-refractivity contribution is 5.94. The maximum Gasteiger partial charge on any atom is 0.0491 e. The molecule has 0 saturated heterocycles. The third-order valence-corrected chi connectivity index (χ3v) is 4.33. The Morgan fingerprint density at radius 1 is 1.20 bits per heavy atom. The van der Waals surface area contributed by atoms with Gasteiger partial charge in [-0.15, -0.1) is 0 Å². The Morgan fingerprint density at radius 3 is 2.95 bits per heavy atom. The lowest BCUT2D eigenvalue weighted by Crippen LogP contribution is -2.34. The molecule has 0 amide bonds. The van der Waals surface area contributed by atoms with Crippen LogP contribution in [-0.4, -0.2) is 16.0 Å². The lowest BCUT2D eigenvalue weighted by Gasteiger charge is -2.33. The summed E-state index contributed by atoms with van der Waals surface area (Å²) < 4.78 is 0. The van der Waals surface area contributed by atoms with Crippen molar-refractivity contribution in [3.8, 4) is 11.1 Å². The maximum absolute atomic E-state index is 5.90. The minimum Gasteiger partial charge on any atom is -0.360 e. The van der Waals surface area contributed by atoms with Crippen LogP contribution in [0, 0.1) is 0 Å². The Bertz CT molecular complexity index is 754. The molecule has 3 aromatic rings. The molecule has 20 heavy (non-hydrogen) atoms. The topological polar surface area (TPSA) is 54.7 Å². The summed E-state index contributed by atoms with van der Waals surface area (Å²) >= 11 is 0. The number of hydrogen-bond donors (Lipinski definition) is 2. The number of aromatic amines is 1. The van der Waals surface area contributed by atoms with Gasteiger partial charge in [0.25, 0.3) is 0 Å². The number of fused-ring (bicyclic) bond motifs is 1. The standard InChI is InChI=1S/C17H17N3/c18-14-7-13(8-14)11-2-1-3-12(6-11)15-10-20-17-4-5-19-9-16(15)17/h1-6,9-10,13-14,20H,7-8,18H2. The van der Waals surface area contributed by atoms with Gasteiger partial charge in [-0.1, -0.05) is 24.3 Å². The largest absolute Gasteiger partial charge is 0.360 e. The van der Waals surface area contributed by atoms with Crippen LogP contribution in [-0.2, 0) is 0 Å². The normalized spacial score (nSPS) is 21.9. The smallest absolute Gasteiger partial charge is 0.0491 e. The second-order valence-corrected chi connectivity index (χ2v) is 5.68. The number of nitrogens with zero attached hydrogens (tertiary/aromatic N) is 1. The van der Waals surface area contributed by atoms with E-state index in [-0.39, 0.29) is 0 Å². The first-order valence-electron chi connectivity index (χ1n) is 7.08. The number of benzene rings is 1. The minimum atomic E-state index is 0.390. The molecule has 0 bridgehead atoms. The van der Waals surface area contributed by atoms with Crippen LogP contribution in [0.1, 0.15) is 24.3 Å². The summed E-state index contributed by atoms with van der Waals surface area (Å²) in [4.78, 5) is 7.54. The van der Waals surface area contributed by atoms with E-state index in [1.165, 1.54) is 22.1 Å². The number of nitrogens with one attached hydrogen (secondary N) is 1. The van der Waals surface area contributed by atoms with Gasteiger partial charge in [-0.2, -0.15) is 0 Å². The summed E-state index contributed by atoms with van der Waals surface area (Å²) in [6.07, 6.45) is 8.03. The first kappa shape index (κ1) is 11.7. The quantitative estimate of drug-likeness (QED) is 0.744. The van der Waals surface area contributed by atoms with Crippen LogP contribution in [0.3, 0.4) is 0 Å². The Balaban J connectivity index is 1.76. The summed E-state index contributed by atoms with van der Waals surface area (Å²) in [6.45, 7) is 0. The fourth-order valence-electron chi connectivity index (χ4n) is 3.10. The zero-order chi connectivity index (χ0) is 13.5. The molecule has 100 valence electrons. The van der Waals surface area contributed by atoms with E-state index in [0.717, 1.165) is 18.4 Å². The predicted octanol–water partition coefficient (Wildman–Crippen LogP) is 3.43. The zero-order valence-electron chi connectivity index (χ0n) is 11.2. The number of pyridine rings is 1. The molecule has 0 atom stereocenters. The molecule has 0 radical (unpaired) electrons. The van der Waals surface area contributed by atoms with Crippen molar-refractivity contribution in [1.29, 1.82) is 0 Å². The zero-order valence-corrected chi connectivity index (χ0v) is 11.2. The number of H-pyrrole nitrogens is 1. The van der Waals surface area contributed by atoms with Crippen molar-refractivity contribution in [2.75, 3.05) is 0 Å². The molecule has 1 aliphatic rings. The fraction of sp³-hybridized carbons (Fsp3) is 0.235. The second kappa shape index (κ2) is 4.46. The molecule has 0 unspecified atom stereocenters. The van der Waals surface area contributed by atoms with Crippen LogP contribution < -0.4 is 5.73 Å². The van der Waals surface area contributed by atoms with Gasteiger partial charge in [0.2, 0.25) is 0 Å². The molecule has 0 spiro atoms. The first-order chi connectivity index (χ1) is 9.81. The van der Waals surface area contributed by atoms with Crippen molar-refractivity contribution >= 4 is 10.9 Å². The van der Waals surface area contributed by atoms with Gasteiger partial charge in [0.15, 0.2) is 0 Å². The molecule has 1 fully saturated rings. The monoisotopic (exact) mass is 263 g/mol. The number of rotatable bonds is 2. The van der Waals surface area contributed by atoms with Crippen molar-refractivity contribution < 1.29 is 0 Å². The SMILES string of the molecule is NC1CC(c2cccc(-c3c[nH]c4ccncc34)c2)C1. The highest BCUT2D eigenvalue weighted by atomic mass is 14.7. The van der Waals surface area contributed by atoms with Crippen molar-refractivity contribution in [2.45, 2.75) is 24.8 Å². The number of hydrogen-bond acceptors (Lipinski definition) is 2. The van der Waals surface area contributed by atoms with E-state index in [4.69, 9.17) is 5.73 Å². The summed E-state index contributed by atoms with van der Waals surface area (Å²) in [5.74, 6) is 0.633. The summed E-state index contributed by atoms with van der Waals surface area (Å²) in [7, 11) is 0. The van der Waals surface area contributed by atoms with E-state index in [0.29, 0.717) is 12.0 Å². The molecule has 3 heteroatoms. The second-order valence-electron chi connectivity index (χ2n) is 5.68. The molecule has 1 saturated carbocycles. The van der Waals surface area contributed by atoms with Crippen LogP contribution in [0.25, 0.3) is 22.0 Å². The van der Waals surface area contributed by atoms with Crippen molar-refractivity contribution in [3.63, 3.8) is 0 Å². The molecule has 1 aromatic carbocycles. The molecule has 4 rings (SSSR count). The Morgan fingerprint density at radius 2 is 2.10 bits per heavy atom.